The minimum Gasteiger partial charge on any atom is -0.347 e. The van der Waals surface area contributed by atoms with Gasteiger partial charge in [-0.05, 0) is 75.1 Å². The summed E-state index contributed by atoms with van der Waals surface area (Å²) in [4.78, 5) is 39.6. The van der Waals surface area contributed by atoms with Gasteiger partial charge in [0.2, 0.25) is 11.8 Å². The van der Waals surface area contributed by atoms with E-state index in [-0.39, 0.29) is 41.4 Å². The number of carbonyl (C=O) groups is 3. The van der Waals surface area contributed by atoms with E-state index >= 15 is 0 Å². The van der Waals surface area contributed by atoms with Gasteiger partial charge in [0.05, 0.1) is 12.3 Å². The van der Waals surface area contributed by atoms with Gasteiger partial charge in [0.25, 0.3) is 5.91 Å². The largest absolute Gasteiger partial charge is 0.347 e. The number of benzene rings is 2. The van der Waals surface area contributed by atoms with Crippen LogP contribution in [-0.2, 0) is 16.0 Å². The number of likely N-dealkylation sites (tertiary alicyclic amines) is 1. The maximum Gasteiger partial charge on any atom is 0.251 e. The molecule has 3 rings (SSSR count). The first-order chi connectivity index (χ1) is 15.7. The maximum absolute atomic E-state index is 13.1. The smallest absolute Gasteiger partial charge is 0.251 e. The number of carbonyl (C=O) groups excluding carboxylic acids is 3. The second-order valence-corrected chi connectivity index (χ2v) is 9.24. The zero-order chi connectivity index (χ0) is 24.0. The predicted octanol–water partition coefficient (Wildman–Crippen LogP) is 4.16. The average Bonchev–Trinajstić information content (AvgIpc) is 2.80. The molecule has 1 atom stereocenters. The van der Waals surface area contributed by atoms with Crippen molar-refractivity contribution >= 4 is 23.4 Å². The van der Waals surface area contributed by atoms with Crippen LogP contribution in [0.2, 0.25) is 0 Å². The Morgan fingerprint density at radius 1 is 1.06 bits per heavy atom. The van der Waals surface area contributed by atoms with Gasteiger partial charge in [-0.2, -0.15) is 0 Å². The van der Waals surface area contributed by atoms with E-state index < -0.39 is 0 Å². The van der Waals surface area contributed by atoms with Crippen LogP contribution in [0.15, 0.2) is 48.5 Å². The third-order valence-corrected chi connectivity index (χ3v) is 6.16. The van der Waals surface area contributed by atoms with Gasteiger partial charge in [-0.3, -0.25) is 14.4 Å². The lowest BCUT2D eigenvalue weighted by atomic mass is 9.96. The number of amides is 3. The zero-order valence-electron chi connectivity index (χ0n) is 19.5. The molecule has 1 unspecified atom stereocenters. The highest BCUT2D eigenvalue weighted by atomic mass is 19.1. The molecule has 0 spiro atoms. The quantitative estimate of drug-likeness (QED) is 0.661. The number of hydrogen-bond donors (Lipinski definition) is 2. The molecule has 0 aliphatic carbocycles. The number of nitrogens with one attached hydrogen (secondary N) is 2. The van der Waals surface area contributed by atoms with Crippen LogP contribution in [0.5, 0.6) is 0 Å². The molecule has 0 saturated carbocycles. The Hall–Kier alpha value is -3.22. The monoisotopic (exact) mass is 453 g/mol. The third kappa shape index (κ3) is 6.88. The number of halogens is 1. The normalized spacial score (nSPS) is 16.2. The SMILES string of the molecule is CCC(C)(C)NC(=O)c1ccc(NC(=O)C2CCCN(C(=O)Cc3ccc(F)cc3)C2)cc1. The van der Waals surface area contributed by atoms with Crippen LogP contribution in [0.4, 0.5) is 10.1 Å². The van der Waals surface area contributed by atoms with E-state index in [9.17, 15) is 18.8 Å². The molecule has 6 nitrogen and oxygen atoms in total. The number of piperidine rings is 1. The van der Waals surface area contributed by atoms with Crippen molar-refractivity contribution in [3.05, 3.63) is 65.5 Å². The Morgan fingerprint density at radius 2 is 1.73 bits per heavy atom. The highest BCUT2D eigenvalue weighted by Crippen LogP contribution is 2.20. The van der Waals surface area contributed by atoms with Crippen LogP contribution in [0.1, 0.15) is 56.0 Å². The molecular formula is C26H32FN3O3. The van der Waals surface area contributed by atoms with Gasteiger partial charge in [-0.25, -0.2) is 4.39 Å². The van der Waals surface area contributed by atoms with E-state index in [1.807, 2.05) is 20.8 Å². The number of rotatable bonds is 7. The molecule has 0 aromatic heterocycles. The highest BCUT2D eigenvalue weighted by Gasteiger charge is 2.28. The fourth-order valence-corrected chi connectivity index (χ4v) is 3.72. The molecule has 1 fully saturated rings. The van der Waals surface area contributed by atoms with Crippen LogP contribution in [0, 0.1) is 11.7 Å². The molecule has 0 radical (unpaired) electrons. The fourth-order valence-electron chi connectivity index (χ4n) is 3.72. The Balaban J connectivity index is 1.54. The maximum atomic E-state index is 13.1. The summed E-state index contributed by atoms with van der Waals surface area (Å²) in [7, 11) is 0. The first kappa shape index (κ1) is 24.4. The van der Waals surface area contributed by atoms with Gasteiger partial charge in [0.15, 0.2) is 0 Å². The molecule has 0 bridgehead atoms. The third-order valence-electron chi connectivity index (χ3n) is 6.16. The second-order valence-electron chi connectivity index (χ2n) is 9.24. The van der Waals surface area contributed by atoms with Crippen molar-refractivity contribution in [3.63, 3.8) is 0 Å². The van der Waals surface area contributed by atoms with Crippen molar-refractivity contribution in [1.82, 2.24) is 10.2 Å². The molecule has 176 valence electrons. The Kier molecular flexibility index (Phi) is 7.84. The lowest BCUT2D eigenvalue weighted by molar-refractivity contribution is -0.133. The van der Waals surface area contributed by atoms with E-state index in [2.05, 4.69) is 10.6 Å². The van der Waals surface area contributed by atoms with Gasteiger partial charge in [0, 0.05) is 29.9 Å². The van der Waals surface area contributed by atoms with Crippen LogP contribution >= 0.6 is 0 Å². The molecule has 1 heterocycles. The number of nitrogens with zero attached hydrogens (tertiary/aromatic N) is 1. The van der Waals surface area contributed by atoms with Gasteiger partial charge >= 0.3 is 0 Å². The van der Waals surface area contributed by atoms with E-state index in [0.717, 1.165) is 18.4 Å². The van der Waals surface area contributed by atoms with Gasteiger partial charge in [-0.15, -0.1) is 0 Å². The van der Waals surface area contributed by atoms with Crippen molar-refractivity contribution in [1.29, 1.82) is 0 Å². The molecule has 2 aromatic rings. The van der Waals surface area contributed by atoms with Crippen LogP contribution in [0.25, 0.3) is 0 Å². The fraction of sp³-hybridized carbons (Fsp3) is 0.423. The highest BCUT2D eigenvalue weighted by molar-refractivity contribution is 5.96. The first-order valence-electron chi connectivity index (χ1n) is 11.4. The molecule has 7 heteroatoms. The molecule has 2 aromatic carbocycles. The molecule has 33 heavy (non-hydrogen) atoms. The summed E-state index contributed by atoms with van der Waals surface area (Å²) in [5.74, 6) is -0.992. The zero-order valence-corrected chi connectivity index (χ0v) is 19.5. The van der Waals surface area contributed by atoms with Crippen molar-refractivity contribution < 1.29 is 18.8 Å². The standard InChI is InChI=1S/C26H32FN3O3/c1-4-26(2,3)29-25(33)19-9-13-22(14-10-19)28-24(32)20-6-5-15-30(17-20)23(31)16-18-7-11-21(27)12-8-18/h7-14,20H,4-6,15-17H2,1-3H3,(H,28,32)(H,29,33). The van der Waals surface area contributed by atoms with Crippen LogP contribution in [-0.4, -0.2) is 41.2 Å². The minimum atomic E-state index is -0.334. The summed E-state index contributed by atoms with van der Waals surface area (Å²) >= 11 is 0. The van der Waals surface area contributed by atoms with Crippen molar-refractivity contribution in [2.24, 2.45) is 5.92 Å². The molecular weight excluding hydrogens is 421 g/mol. The predicted molar refractivity (Wildman–Crippen MR) is 126 cm³/mol. The lowest BCUT2D eigenvalue weighted by Gasteiger charge is -2.32. The van der Waals surface area contributed by atoms with Crippen molar-refractivity contribution in [2.45, 2.75) is 52.0 Å². The topological polar surface area (TPSA) is 78.5 Å². The van der Waals surface area contributed by atoms with Crippen molar-refractivity contribution in [2.75, 3.05) is 18.4 Å². The summed E-state index contributed by atoms with van der Waals surface area (Å²) in [6.45, 7) is 6.93. The summed E-state index contributed by atoms with van der Waals surface area (Å²) in [5, 5.41) is 5.89. The molecule has 3 amide bonds. The number of anilines is 1. The second kappa shape index (κ2) is 10.6. The lowest BCUT2D eigenvalue weighted by Crippen LogP contribution is -2.44. The van der Waals surface area contributed by atoms with E-state index in [1.165, 1.54) is 12.1 Å². The van der Waals surface area contributed by atoms with E-state index in [4.69, 9.17) is 0 Å². The first-order valence-corrected chi connectivity index (χ1v) is 11.4. The van der Waals surface area contributed by atoms with Crippen LogP contribution in [0.3, 0.4) is 0 Å². The summed E-state index contributed by atoms with van der Waals surface area (Å²) in [6.07, 6.45) is 2.46. The van der Waals surface area contributed by atoms with Gasteiger partial charge < -0.3 is 15.5 Å². The molecule has 1 saturated heterocycles. The molecule has 2 N–H and O–H groups in total. The minimum absolute atomic E-state index is 0.0653. The van der Waals surface area contributed by atoms with E-state index in [0.29, 0.717) is 30.8 Å². The summed E-state index contributed by atoms with van der Waals surface area (Å²) in [5.41, 5.74) is 1.61. The van der Waals surface area contributed by atoms with E-state index in [1.54, 1.807) is 41.3 Å². The summed E-state index contributed by atoms with van der Waals surface area (Å²) < 4.78 is 13.1. The Bertz CT molecular complexity index is 987. The van der Waals surface area contributed by atoms with Crippen molar-refractivity contribution in [3.8, 4) is 0 Å². The van der Waals surface area contributed by atoms with Crippen LogP contribution < -0.4 is 10.6 Å². The Labute approximate surface area is 194 Å². The van der Waals surface area contributed by atoms with Gasteiger partial charge in [-0.1, -0.05) is 19.1 Å². The summed E-state index contributed by atoms with van der Waals surface area (Å²) in [6, 6.07) is 12.7. The Morgan fingerprint density at radius 3 is 2.36 bits per heavy atom. The average molecular weight is 454 g/mol. The number of hydrogen-bond acceptors (Lipinski definition) is 3. The van der Waals surface area contributed by atoms with Gasteiger partial charge in [0.1, 0.15) is 5.82 Å². The molecule has 1 aliphatic heterocycles. The molecule has 1 aliphatic rings.